The molecule has 0 aliphatic rings. The molecule has 1 rings (SSSR count). The van der Waals surface area contributed by atoms with Crippen molar-refractivity contribution in [1.82, 2.24) is 0 Å². The third-order valence-electron chi connectivity index (χ3n) is 5.38. The normalized spacial score (nSPS) is 10.9. The van der Waals surface area contributed by atoms with Crippen molar-refractivity contribution in [3.63, 3.8) is 0 Å². The Balaban J connectivity index is 2.09. The van der Waals surface area contributed by atoms with Gasteiger partial charge in [-0.25, -0.2) is 9.59 Å². The van der Waals surface area contributed by atoms with Crippen molar-refractivity contribution >= 4 is 11.9 Å². The second kappa shape index (κ2) is 15.1. The average Bonchev–Trinajstić information content (AvgIpc) is 2.67. The molecule has 0 atom stereocenters. The van der Waals surface area contributed by atoms with E-state index in [-0.39, 0.29) is 11.1 Å². The van der Waals surface area contributed by atoms with E-state index in [0.717, 1.165) is 19.3 Å². The number of hydrogen-bond donors (Lipinski definition) is 2. The van der Waals surface area contributed by atoms with Crippen LogP contribution in [-0.2, 0) is 6.42 Å². The minimum absolute atomic E-state index is 0.158. The van der Waals surface area contributed by atoms with Crippen LogP contribution in [0.4, 0.5) is 0 Å². The van der Waals surface area contributed by atoms with Gasteiger partial charge in [-0.15, -0.1) is 0 Å². The first-order valence-electron chi connectivity index (χ1n) is 11.2. The largest absolute Gasteiger partial charge is 0.478 e. The van der Waals surface area contributed by atoms with Crippen molar-refractivity contribution < 1.29 is 19.8 Å². The Labute approximate surface area is 170 Å². The van der Waals surface area contributed by atoms with Crippen LogP contribution in [0.3, 0.4) is 0 Å². The summed E-state index contributed by atoms with van der Waals surface area (Å²) >= 11 is 0. The van der Waals surface area contributed by atoms with Gasteiger partial charge in [0.15, 0.2) is 0 Å². The zero-order valence-electron chi connectivity index (χ0n) is 17.5. The molecule has 0 radical (unpaired) electrons. The average molecular weight is 391 g/mol. The molecule has 0 saturated heterocycles. The van der Waals surface area contributed by atoms with Crippen LogP contribution in [0.25, 0.3) is 0 Å². The molecule has 0 aromatic heterocycles. The minimum atomic E-state index is -1.01. The van der Waals surface area contributed by atoms with Crippen LogP contribution >= 0.6 is 0 Å². The topological polar surface area (TPSA) is 74.6 Å². The molecule has 28 heavy (non-hydrogen) atoms. The fraction of sp³-hybridized carbons (Fsp3) is 0.667. The van der Waals surface area contributed by atoms with Gasteiger partial charge in [0.05, 0.1) is 11.1 Å². The SMILES string of the molecule is CCCCCCCCCCCCCCCCc1cc(C(=O)O)ccc1C(=O)O. The molecule has 1 aromatic rings. The second-order valence-electron chi connectivity index (χ2n) is 7.83. The summed E-state index contributed by atoms with van der Waals surface area (Å²) in [6, 6.07) is 4.28. The van der Waals surface area contributed by atoms with E-state index < -0.39 is 11.9 Å². The van der Waals surface area contributed by atoms with Gasteiger partial charge < -0.3 is 10.2 Å². The standard InChI is InChI=1S/C24H38O4/c1-2-3-4-5-6-7-8-9-10-11-12-13-14-15-16-20-19-21(23(25)26)17-18-22(20)24(27)28/h17-19H,2-16H2,1H3,(H,25,26)(H,27,28). The van der Waals surface area contributed by atoms with Gasteiger partial charge in [0, 0.05) is 0 Å². The van der Waals surface area contributed by atoms with E-state index in [1.165, 1.54) is 88.8 Å². The lowest BCUT2D eigenvalue weighted by atomic mass is 9.98. The van der Waals surface area contributed by atoms with E-state index >= 15 is 0 Å². The first kappa shape index (κ1) is 24.2. The Morgan fingerprint density at radius 2 is 1.14 bits per heavy atom. The van der Waals surface area contributed by atoms with Gasteiger partial charge in [0.2, 0.25) is 0 Å². The van der Waals surface area contributed by atoms with E-state index in [1.54, 1.807) is 0 Å². The van der Waals surface area contributed by atoms with E-state index in [2.05, 4.69) is 6.92 Å². The van der Waals surface area contributed by atoms with E-state index in [1.807, 2.05) is 0 Å². The summed E-state index contributed by atoms with van der Waals surface area (Å²) in [6.45, 7) is 2.25. The van der Waals surface area contributed by atoms with E-state index in [4.69, 9.17) is 5.11 Å². The van der Waals surface area contributed by atoms with Crippen molar-refractivity contribution in [3.8, 4) is 0 Å². The number of hydrogen-bond acceptors (Lipinski definition) is 2. The number of benzene rings is 1. The quantitative estimate of drug-likeness (QED) is 0.278. The molecular formula is C24H38O4. The highest BCUT2D eigenvalue weighted by atomic mass is 16.4. The molecule has 0 bridgehead atoms. The number of carboxylic acid groups (broad SMARTS) is 2. The number of aryl methyl sites for hydroxylation is 1. The molecule has 0 saturated carbocycles. The van der Waals surface area contributed by atoms with Crippen LogP contribution in [0.2, 0.25) is 0 Å². The van der Waals surface area contributed by atoms with Gasteiger partial charge in [-0.3, -0.25) is 0 Å². The maximum absolute atomic E-state index is 11.3. The van der Waals surface area contributed by atoms with Crippen LogP contribution in [0, 0.1) is 0 Å². The Morgan fingerprint density at radius 1 is 0.679 bits per heavy atom. The van der Waals surface area contributed by atoms with Crippen LogP contribution in [0.5, 0.6) is 0 Å². The molecule has 158 valence electrons. The maximum atomic E-state index is 11.3. The van der Waals surface area contributed by atoms with Gasteiger partial charge in [-0.05, 0) is 36.6 Å². The monoisotopic (exact) mass is 390 g/mol. The number of carboxylic acids is 2. The lowest BCUT2D eigenvalue weighted by Crippen LogP contribution is -2.06. The van der Waals surface area contributed by atoms with Crippen LogP contribution in [0.1, 0.15) is 123 Å². The first-order chi connectivity index (χ1) is 13.6. The van der Waals surface area contributed by atoms with Crippen LogP contribution in [0.15, 0.2) is 18.2 Å². The molecule has 0 spiro atoms. The minimum Gasteiger partial charge on any atom is -0.478 e. The Hall–Kier alpha value is -1.84. The Bertz CT molecular complexity index is 580. The van der Waals surface area contributed by atoms with E-state index in [0.29, 0.717) is 12.0 Å². The third-order valence-corrected chi connectivity index (χ3v) is 5.38. The van der Waals surface area contributed by atoms with Crippen LogP contribution < -0.4 is 0 Å². The molecule has 4 heteroatoms. The first-order valence-corrected chi connectivity index (χ1v) is 11.2. The molecule has 0 unspecified atom stereocenters. The van der Waals surface area contributed by atoms with Gasteiger partial charge in [0.25, 0.3) is 0 Å². The smallest absolute Gasteiger partial charge is 0.335 e. The summed E-state index contributed by atoms with van der Waals surface area (Å²) in [7, 11) is 0. The highest BCUT2D eigenvalue weighted by Crippen LogP contribution is 2.17. The fourth-order valence-corrected chi connectivity index (χ4v) is 3.65. The number of aromatic carboxylic acids is 2. The van der Waals surface area contributed by atoms with Crippen molar-refractivity contribution in [2.75, 3.05) is 0 Å². The number of unbranched alkanes of at least 4 members (excludes halogenated alkanes) is 13. The molecule has 0 heterocycles. The number of carbonyl (C=O) groups is 2. The van der Waals surface area contributed by atoms with Gasteiger partial charge in [-0.2, -0.15) is 0 Å². The summed E-state index contributed by atoms with van der Waals surface area (Å²) in [6.07, 6.45) is 18.6. The lowest BCUT2D eigenvalue weighted by Gasteiger charge is -2.08. The molecule has 4 nitrogen and oxygen atoms in total. The number of rotatable bonds is 17. The molecule has 0 aliphatic heterocycles. The molecule has 0 aliphatic carbocycles. The predicted molar refractivity (Wildman–Crippen MR) is 114 cm³/mol. The molecule has 0 fully saturated rings. The summed E-state index contributed by atoms with van der Waals surface area (Å²) in [5.41, 5.74) is 1.01. The van der Waals surface area contributed by atoms with Crippen molar-refractivity contribution in [2.45, 2.75) is 103 Å². The fourth-order valence-electron chi connectivity index (χ4n) is 3.65. The zero-order chi connectivity index (χ0) is 20.6. The summed E-state index contributed by atoms with van der Waals surface area (Å²) in [4.78, 5) is 22.4. The Kier molecular flexibility index (Phi) is 13.1. The summed E-state index contributed by atoms with van der Waals surface area (Å²) < 4.78 is 0. The van der Waals surface area contributed by atoms with Crippen molar-refractivity contribution in [2.24, 2.45) is 0 Å². The van der Waals surface area contributed by atoms with Crippen molar-refractivity contribution in [1.29, 1.82) is 0 Å². The highest BCUT2D eigenvalue weighted by Gasteiger charge is 2.13. The third kappa shape index (κ3) is 10.5. The maximum Gasteiger partial charge on any atom is 0.335 e. The van der Waals surface area contributed by atoms with E-state index in [9.17, 15) is 14.7 Å². The van der Waals surface area contributed by atoms with Gasteiger partial charge >= 0.3 is 11.9 Å². The van der Waals surface area contributed by atoms with Crippen LogP contribution in [-0.4, -0.2) is 22.2 Å². The molecule has 0 amide bonds. The van der Waals surface area contributed by atoms with Gasteiger partial charge in [0.1, 0.15) is 0 Å². The predicted octanol–water partition coefficient (Wildman–Crippen LogP) is 7.11. The Morgan fingerprint density at radius 3 is 1.57 bits per heavy atom. The van der Waals surface area contributed by atoms with Gasteiger partial charge in [-0.1, -0.05) is 90.4 Å². The summed E-state index contributed by atoms with van der Waals surface area (Å²) in [5.74, 6) is -2.00. The van der Waals surface area contributed by atoms with Crippen molar-refractivity contribution in [3.05, 3.63) is 34.9 Å². The highest BCUT2D eigenvalue weighted by molar-refractivity contribution is 5.93. The lowest BCUT2D eigenvalue weighted by molar-refractivity contribution is 0.0680. The molecule has 2 N–H and O–H groups in total. The second-order valence-corrected chi connectivity index (χ2v) is 7.83. The zero-order valence-corrected chi connectivity index (χ0v) is 17.5. The molecular weight excluding hydrogens is 352 g/mol. The molecule has 1 aromatic carbocycles. The summed E-state index contributed by atoms with van der Waals surface area (Å²) in [5, 5.41) is 18.3.